The molecule has 5 N–H and O–H groups in total. The van der Waals surface area contributed by atoms with Crippen LogP contribution in [-0.4, -0.2) is 56.4 Å². The largest absolute Gasteiger partial charge is 0.372 e. The van der Waals surface area contributed by atoms with Crippen molar-refractivity contribution in [3.8, 4) is 11.8 Å². The van der Waals surface area contributed by atoms with Gasteiger partial charge in [-0.05, 0) is 31.2 Å². The van der Waals surface area contributed by atoms with E-state index in [2.05, 4.69) is 17.2 Å². The van der Waals surface area contributed by atoms with Crippen LogP contribution < -0.4 is 10.8 Å². The summed E-state index contributed by atoms with van der Waals surface area (Å²) >= 11 is 0. The van der Waals surface area contributed by atoms with Gasteiger partial charge in [-0.25, -0.2) is 5.48 Å². The Morgan fingerprint density at radius 2 is 1.88 bits per heavy atom. The normalized spacial score (nSPS) is 19.4. The van der Waals surface area contributed by atoms with Crippen LogP contribution in [-0.2, 0) is 9.53 Å². The fraction of sp³-hybridized carbons (Fsp3) is 0.375. The second kappa shape index (κ2) is 7.43. The Morgan fingerprint density at radius 1 is 1.28 bits per heavy atom. The summed E-state index contributed by atoms with van der Waals surface area (Å²) in [4.78, 5) is 24.4. The molecule has 1 heterocycles. The van der Waals surface area contributed by atoms with Gasteiger partial charge in [-0.3, -0.25) is 23.9 Å². The topological polar surface area (TPSA) is 128 Å². The van der Waals surface area contributed by atoms with Crippen molar-refractivity contribution in [2.45, 2.75) is 18.6 Å². The Morgan fingerprint density at radius 3 is 2.32 bits per heavy atom. The third-order valence-corrected chi connectivity index (χ3v) is 5.85. The predicted molar refractivity (Wildman–Crippen MR) is 92.5 cm³/mol. The molecule has 2 rings (SSSR count). The van der Waals surface area contributed by atoms with Crippen LogP contribution in [0.15, 0.2) is 24.3 Å². The number of hydroxylamine groups is 1. The highest BCUT2D eigenvalue weighted by Gasteiger charge is 2.57. The van der Waals surface area contributed by atoms with Crippen molar-refractivity contribution in [2.24, 2.45) is 0 Å². The standard InChI is InChI=1S/C16H20N2O6S/c1-3-4-11-5-7-12(8-6-11)14(19)17-13(15(20)18-21)16(24-2)9-25(22,23)10-16/h5-8,13,21-23H,9-10H2,1-2H3,(H,17,19)(H,18,20). The van der Waals surface area contributed by atoms with E-state index in [1.165, 1.54) is 12.6 Å². The van der Waals surface area contributed by atoms with Gasteiger partial charge in [0.2, 0.25) is 0 Å². The van der Waals surface area contributed by atoms with E-state index in [-0.39, 0.29) is 17.1 Å². The number of benzene rings is 1. The summed E-state index contributed by atoms with van der Waals surface area (Å²) in [5.74, 6) is 3.71. The quantitative estimate of drug-likeness (QED) is 0.297. The molecule has 1 saturated heterocycles. The van der Waals surface area contributed by atoms with Crippen LogP contribution in [0.1, 0.15) is 22.8 Å². The first-order valence-corrected chi connectivity index (χ1v) is 9.22. The number of nitrogens with one attached hydrogen (secondary N) is 2. The minimum atomic E-state index is -2.85. The van der Waals surface area contributed by atoms with Gasteiger partial charge >= 0.3 is 0 Å². The zero-order chi connectivity index (χ0) is 18.7. The molecule has 1 aromatic carbocycles. The molecule has 1 atom stereocenters. The molecule has 1 unspecified atom stereocenters. The molecule has 0 spiro atoms. The summed E-state index contributed by atoms with van der Waals surface area (Å²) in [6.07, 6.45) is 0. The molecule has 1 aromatic rings. The van der Waals surface area contributed by atoms with E-state index in [1.54, 1.807) is 31.2 Å². The lowest BCUT2D eigenvalue weighted by Gasteiger charge is -2.56. The summed E-state index contributed by atoms with van der Waals surface area (Å²) in [6.45, 7) is 1.70. The van der Waals surface area contributed by atoms with Crippen LogP contribution in [0.3, 0.4) is 0 Å². The van der Waals surface area contributed by atoms with Crippen molar-refractivity contribution in [1.82, 2.24) is 10.8 Å². The highest BCUT2D eigenvalue weighted by atomic mass is 32.3. The van der Waals surface area contributed by atoms with Gasteiger partial charge < -0.3 is 10.1 Å². The molecule has 0 aliphatic carbocycles. The summed E-state index contributed by atoms with van der Waals surface area (Å²) in [5.41, 5.74) is 1.21. The van der Waals surface area contributed by atoms with E-state index in [0.717, 1.165) is 5.56 Å². The maximum absolute atomic E-state index is 12.4. The van der Waals surface area contributed by atoms with Crippen LogP contribution in [0.2, 0.25) is 0 Å². The number of hydrogen-bond acceptors (Lipinski definition) is 6. The first kappa shape index (κ1) is 19.2. The Balaban J connectivity index is 2.20. The summed E-state index contributed by atoms with van der Waals surface area (Å²) in [6, 6.07) is 5.15. The Hall–Kier alpha value is -2.09. The van der Waals surface area contributed by atoms with Gasteiger partial charge in [-0.15, -0.1) is 5.92 Å². The van der Waals surface area contributed by atoms with Gasteiger partial charge in [-0.2, -0.15) is 10.6 Å². The van der Waals surface area contributed by atoms with Crippen LogP contribution >= 0.6 is 10.6 Å². The number of ether oxygens (including phenoxy) is 1. The Bertz CT molecular complexity index is 714. The average molecular weight is 368 g/mol. The minimum Gasteiger partial charge on any atom is -0.372 e. The fourth-order valence-electron chi connectivity index (χ4n) is 2.71. The van der Waals surface area contributed by atoms with Crippen molar-refractivity contribution >= 4 is 22.4 Å². The molecule has 0 radical (unpaired) electrons. The fourth-order valence-corrected chi connectivity index (χ4v) is 4.76. The Kier molecular flexibility index (Phi) is 5.72. The lowest BCUT2D eigenvalue weighted by molar-refractivity contribution is -0.138. The number of hydrogen-bond donors (Lipinski definition) is 5. The molecule has 136 valence electrons. The smallest absolute Gasteiger partial charge is 0.269 e. The average Bonchev–Trinajstić information content (AvgIpc) is 2.57. The van der Waals surface area contributed by atoms with Crippen LogP contribution in [0.4, 0.5) is 0 Å². The van der Waals surface area contributed by atoms with Crippen molar-refractivity contribution in [2.75, 3.05) is 18.6 Å². The first-order valence-electron chi connectivity index (χ1n) is 7.33. The molecule has 1 aliphatic rings. The molecule has 0 bridgehead atoms. The molecule has 2 amide bonds. The second-order valence-corrected chi connectivity index (χ2v) is 7.88. The zero-order valence-corrected chi connectivity index (χ0v) is 14.6. The van der Waals surface area contributed by atoms with Gasteiger partial charge in [0.05, 0.1) is 11.5 Å². The van der Waals surface area contributed by atoms with E-state index in [1.807, 2.05) is 0 Å². The van der Waals surface area contributed by atoms with Gasteiger partial charge in [0, 0.05) is 18.2 Å². The lowest BCUT2D eigenvalue weighted by Crippen LogP contribution is -2.69. The predicted octanol–water partition coefficient (Wildman–Crippen LogP) is 0.811. The third-order valence-electron chi connectivity index (χ3n) is 3.95. The van der Waals surface area contributed by atoms with Crippen molar-refractivity contribution in [1.29, 1.82) is 0 Å². The molecule has 9 heteroatoms. The second-order valence-electron chi connectivity index (χ2n) is 5.69. The molecular weight excluding hydrogens is 348 g/mol. The maximum Gasteiger partial charge on any atom is 0.269 e. The summed E-state index contributed by atoms with van der Waals surface area (Å²) in [5, 5.41) is 11.4. The number of carbonyl (C=O) groups is 2. The van der Waals surface area contributed by atoms with Crippen molar-refractivity contribution in [3.05, 3.63) is 35.4 Å². The minimum absolute atomic E-state index is 0.208. The van der Waals surface area contributed by atoms with Crippen LogP contribution in [0.25, 0.3) is 0 Å². The van der Waals surface area contributed by atoms with Gasteiger partial charge in [0.1, 0.15) is 11.6 Å². The first-order chi connectivity index (χ1) is 11.8. The number of methoxy groups -OCH3 is 1. The Labute approximate surface area is 146 Å². The van der Waals surface area contributed by atoms with E-state index < -0.39 is 34.0 Å². The zero-order valence-electron chi connectivity index (χ0n) is 13.8. The number of rotatable bonds is 5. The molecule has 25 heavy (non-hydrogen) atoms. The molecule has 1 aliphatic heterocycles. The summed E-state index contributed by atoms with van der Waals surface area (Å²) in [7, 11) is -1.55. The molecule has 0 aromatic heterocycles. The summed E-state index contributed by atoms with van der Waals surface area (Å²) < 4.78 is 24.6. The number of carbonyl (C=O) groups excluding carboxylic acids is 2. The van der Waals surface area contributed by atoms with E-state index in [4.69, 9.17) is 9.94 Å². The van der Waals surface area contributed by atoms with Gasteiger partial charge in [-0.1, -0.05) is 5.92 Å². The van der Waals surface area contributed by atoms with E-state index in [9.17, 15) is 18.7 Å². The van der Waals surface area contributed by atoms with Gasteiger partial charge in [0.25, 0.3) is 11.8 Å². The SMILES string of the molecule is CC#Cc1ccc(C(=O)NC(C(=O)NO)C2(OC)CS(O)(O)C2)cc1. The highest BCUT2D eigenvalue weighted by molar-refractivity contribution is 8.25. The van der Waals surface area contributed by atoms with Crippen LogP contribution in [0.5, 0.6) is 0 Å². The number of amides is 2. The maximum atomic E-state index is 12.4. The monoisotopic (exact) mass is 368 g/mol. The van der Waals surface area contributed by atoms with Crippen molar-refractivity contribution < 1.29 is 28.6 Å². The van der Waals surface area contributed by atoms with E-state index >= 15 is 0 Å². The lowest BCUT2D eigenvalue weighted by atomic mass is 9.95. The molecule has 0 saturated carbocycles. The third kappa shape index (κ3) is 4.12. The van der Waals surface area contributed by atoms with E-state index in [0.29, 0.717) is 0 Å². The van der Waals surface area contributed by atoms with Gasteiger partial charge in [0.15, 0.2) is 0 Å². The highest BCUT2D eigenvalue weighted by Crippen LogP contribution is 2.56. The molecule has 8 nitrogen and oxygen atoms in total. The van der Waals surface area contributed by atoms with Crippen LogP contribution in [0, 0.1) is 11.8 Å². The molecule has 1 fully saturated rings. The molecular formula is C16H20N2O6S. The van der Waals surface area contributed by atoms with Crippen molar-refractivity contribution in [3.63, 3.8) is 0 Å².